The number of aryl methyl sites for hydroxylation is 1. The number of hydrogen-bond donors (Lipinski definition) is 0. The number of nitrogens with zero attached hydrogens (tertiary/aromatic N) is 5. The van der Waals surface area contributed by atoms with E-state index in [-0.39, 0.29) is 43.0 Å². The first kappa shape index (κ1) is 44.9. The third kappa shape index (κ3) is 15.2. The lowest BCUT2D eigenvalue weighted by Crippen LogP contribution is -2.49. The molecule has 2 heterocycles. The average Bonchev–Trinajstić information content (AvgIpc) is 3.07. The Bertz CT molecular complexity index is 1710. The highest BCUT2D eigenvalue weighted by Crippen LogP contribution is 2.20. The Morgan fingerprint density at radius 2 is 0.804 bits per heavy atom. The minimum absolute atomic E-state index is 0.0694. The molecule has 0 atom stereocenters. The first-order chi connectivity index (χ1) is 26.3. The molecule has 0 unspecified atom stereocenters. The number of ether oxygens (including phenoxy) is 3. The summed E-state index contributed by atoms with van der Waals surface area (Å²) in [7, 11) is 0. The van der Waals surface area contributed by atoms with Gasteiger partial charge in [0.1, 0.15) is 16.8 Å². The van der Waals surface area contributed by atoms with Crippen LogP contribution < -0.4 is 5.43 Å². The van der Waals surface area contributed by atoms with Crippen LogP contribution in [-0.2, 0) is 35.1 Å². The van der Waals surface area contributed by atoms with Crippen molar-refractivity contribution in [3.63, 3.8) is 0 Å². The van der Waals surface area contributed by atoms with Crippen molar-refractivity contribution in [1.82, 2.24) is 24.2 Å². The van der Waals surface area contributed by atoms with E-state index in [0.29, 0.717) is 39.3 Å². The molecule has 2 aromatic carbocycles. The molecular formula is C44H67N5O7. The number of rotatable bonds is 12. The topological polar surface area (TPSA) is 114 Å². The van der Waals surface area contributed by atoms with Crippen LogP contribution in [0.1, 0.15) is 81.6 Å². The molecule has 1 saturated heterocycles. The van der Waals surface area contributed by atoms with Crippen molar-refractivity contribution in [2.24, 2.45) is 0 Å². The molecule has 0 spiro atoms. The second kappa shape index (κ2) is 20.0. The van der Waals surface area contributed by atoms with E-state index in [1.54, 1.807) is 0 Å². The monoisotopic (exact) mass is 778 g/mol. The zero-order valence-corrected chi connectivity index (χ0v) is 35.5. The highest BCUT2D eigenvalue weighted by atomic mass is 16.6. The van der Waals surface area contributed by atoms with E-state index < -0.39 is 16.8 Å². The van der Waals surface area contributed by atoms with E-state index >= 15 is 0 Å². The molecule has 0 saturated carbocycles. The van der Waals surface area contributed by atoms with Crippen molar-refractivity contribution in [2.75, 3.05) is 78.5 Å². The van der Waals surface area contributed by atoms with Gasteiger partial charge in [0.05, 0.1) is 30.7 Å². The van der Waals surface area contributed by atoms with Crippen molar-refractivity contribution >= 4 is 39.7 Å². The Kier molecular flexibility index (Phi) is 16.1. The van der Waals surface area contributed by atoms with E-state index in [9.17, 15) is 19.2 Å². The van der Waals surface area contributed by atoms with Crippen molar-refractivity contribution in [2.45, 2.75) is 105 Å². The number of pyridine rings is 1. The molecule has 12 heteroatoms. The molecule has 1 fully saturated rings. The van der Waals surface area contributed by atoms with Gasteiger partial charge in [-0.15, -0.1) is 0 Å². The lowest BCUT2D eigenvalue weighted by atomic mass is 10.1. The standard InChI is InChI=1S/C44H67N5O7/c1-42(2,3)54-38(50)31-46-25-23-45(21-15-10-16-22-49-36-19-13-11-17-34(36)41(53)35-18-12-14-20-37(35)49)24-26-47(32-39(51)55-43(4,5)6)28-30-48(29-27-46)33-40(52)56-44(7,8)9/h11-14,17-20H,10,15-16,21-33H2,1-9H3. The lowest BCUT2D eigenvalue weighted by Gasteiger charge is -2.34. The van der Waals surface area contributed by atoms with Crippen molar-refractivity contribution in [3.8, 4) is 0 Å². The second-order valence-electron chi connectivity index (χ2n) is 18.0. The van der Waals surface area contributed by atoms with Gasteiger partial charge in [0.15, 0.2) is 5.43 Å². The first-order valence-electron chi connectivity index (χ1n) is 20.3. The summed E-state index contributed by atoms with van der Waals surface area (Å²) in [6, 6.07) is 15.7. The fraction of sp³-hybridized carbons (Fsp3) is 0.636. The summed E-state index contributed by atoms with van der Waals surface area (Å²) < 4.78 is 19.4. The summed E-state index contributed by atoms with van der Waals surface area (Å²) in [5.41, 5.74) is 0.190. The minimum Gasteiger partial charge on any atom is -0.459 e. The van der Waals surface area contributed by atoms with Crippen LogP contribution in [0.25, 0.3) is 21.8 Å². The van der Waals surface area contributed by atoms with Crippen molar-refractivity contribution < 1.29 is 28.6 Å². The van der Waals surface area contributed by atoms with E-state index in [4.69, 9.17) is 14.2 Å². The predicted octanol–water partition coefficient (Wildman–Crippen LogP) is 5.57. The van der Waals surface area contributed by atoms with Crippen LogP contribution in [0.4, 0.5) is 0 Å². The zero-order chi connectivity index (χ0) is 41.1. The van der Waals surface area contributed by atoms with Crippen LogP contribution in [0.3, 0.4) is 0 Å². The summed E-state index contributed by atoms with van der Waals surface area (Å²) in [6.07, 6.45) is 2.92. The Balaban J connectivity index is 1.48. The Labute approximate surface area is 334 Å². The van der Waals surface area contributed by atoms with Crippen LogP contribution in [0.5, 0.6) is 0 Å². The predicted molar refractivity (Wildman–Crippen MR) is 223 cm³/mol. The van der Waals surface area contributed by atoms with Gasteiger partial charge in [-0.3, -0.25) is 33.9 Å². The van der Waals surface area contributed by atoms with Crippen molar-refractivity contribution in [3.05, 3.63) is 58.8 Å². The van der Waals surface area contributed by atoms with Gasteiger partial charge in [-0.1, -0.05) is 30.7 Å². The highest BCUT2D eigenvalue weighted by Gasteiger charge is 2.25. The third-order valence-electron chi connectivity index (χ3n) is 9.48. The molecule has 1 aliphatic heterocycles. The Hall–Kier alpha value is -3.84. The number of esters is 3. The second-order valence-corrected chi connectivity index (χ2v) is 18.0. The fourth-order valence-electron chi connectivity index (χ4n) is 7.05. The molecule has 310 valence electrons. The first-order valence-corrected chi connectivity index (χ1v) is 20.3. The molecule has 0 bridgehead atoms. The number of fused-ring (bicyclic) bond motifs is 2. The van der Waals surface area contributed by atoms with E-state index in [0.717, 1.165) is 67.2 Å². The third-order valence-corrected chi connectivity index (χ3v) is 9.48. The highest BCUT2D eigenvalue weighted by molar-refractivity contribution is 5.93. The number of unbranched alkanes of at least 4 members (excludes halogenated alkanes) is 2. The maximum atomic E-state index is 13.2. The molecule has 1 aliphatic rings. The van der Waals surface area contributed by atoms with Crippen molar-refractivity contribution in [1.29, 1.82) is 0 Å². The summed E-state index contributed by atoms with van der Waals surface area (Å²) in [4.78, 5) is 61.0. The fourth-order valence-corrected chi connectivity index (χ4v) is 7.05. The quantitative estimate of drug-likeness (QED) is 0.0996. The van der Waals surface area contributed by atoms with E-state index in [1.807, 2.05) is 116 Å². The Morgan fingerprint density at radius 3 is 1.16 bits per heavy atom. The summed E-state index contributed by atoms with van der Waals surface area (Å²) >= 11 is 0. The van der Waals surface area contributed by atoms with Gasteiger partial charge in [0.25, 0.3) is 0 Å². The maximum absolute atomic E-state index is 13.2. The van der Waals surface area contributed by atoms with Gasteiger partial charge in [-0.05, 0) is 106 Å². The molecule has 0 radical (unpaired) electrons. The van der Waals surface area contributed by atoms with Crippen LogP contribution in [0.15, 0.2) is 53.3 Å². The summed E-state index contributed by atoms with van der Waals surface area (Å²) in [6.45, 7) is 23.8. The molecule has 4 rings (SSSR count). The summed E-state index contributed by atoms with van der Waals surface area (Å²) in [5, 5.41) is 1.48. The van der Waals surface area contributed by atoms with Crippen LogP contribution in [-0.4, -0.2) is 137 Å². The molecule has 1 aromatic heterocycles. The molecule has 12 nitrogen and oxygen atoms in total. The minimum atomic E-state index is -0.608. The SMILES string of the molecule is CC(C)(C)OC(=O)CN1CCN(CCCCCn2c3ccccc3c(=O)c3ccccc32)CCN(CC(=O)OC(C)(C)C)CCN(CC(=O)OC(C)(C)C)CC1. The molecule has 0 N–H and O–H groups in total. The zero-order valence-electron chi connectivity index (χ0n) is 35.5. The maximum Gasteiger partial charge on any atom is 0.320 e. The number of benzene rings is 2. The number of carbonyl (C=O) groups is 3. The van der Waals surface area contributed by atoms with Crippen LogP contribution in [0.2, 0.25) is 0 Å². The summed E-state index contributed by atoms with van der Waals surface area (Å²) in [5.74, 6) is -0.864. The smallest absolute Gasteiger partial charge is 0.320 e. The molecular weight excluding hydrogens is 711 g/mol. The lowest BCUT2D eigenvalue weighted by molar-refractivity contribution is -0.158. The molecule has 56 heavy (non-hydrogen) atoms. The van der Waals surface area contributed by atoms with E-state index in [1.165, 1.54) is 0 Å². The van der Waals surface area contributed by atoms with Gasteiger partial charge in [0.2, 0.25) is 0 Å². The van der Waals surface area contributed by atoms with Crippen LogP contribution in [0, 0.1) is 0 Å². The van der Waals surface area contributed by atoms with Gasteiger partial charge in [-0.2, -0.15) is 0 Å². The number of aromatic nitrogens is 1. The Morgan fingerprint density at radius 1 is 0.482 bits per heavy atom. The van der Waals surface area contributed by atoms with Gasteiger partial charge >= 0.3 is 17.9 Å². The number of para-hydroxylation sites is 2. The molecule has 3 aromatic rings. The largest absolute Gasteiger partial charge is 0.459 e. The van der Waals surface area contributed by atoms with Gasteiger partial charge in [-0.25, -0.2) is 0 Å². The van der Waals surface area contributed by atoms with Gasteiger partial charge in [0, 0.05) is 69.7 Å². The molecule has 0 amide bonds. The normalized spacial score (nSPS) is 16.7. The van der Waals surface area contributed by atoms with Gasteiger partial charge < -0.3 is 23.7 Å². The number of carbonyl (C=O) groups excluding carboxylic acids is 3. The number of hydrogen-bond acceptors (Lipinski definition) is 11. The van der Waals surface area contributed by atoms with Crippen LogP contribution >= 0.6 is 0 Å². The van der Waals surface area contributed by atoms with E-state index in [2.05, 4.69) is 19.3 Å². The average molecular weight is 778 g/mol. The molecule has 0 aliphatic carbocycles.